The smallest absolute Gasteiger partial charge is 0.243 e. The van der Waals surface area contributed by atoms with Crippen LogP contribution in [0.1, 0.15) is 0 Å². The number of benzene rings is 1. The number of methoxy groups -OCH3 is 1. The standard InChI is InChI=1S/C18H20N6O3S/c1-27-15-4-2-5-16(12-15)28(25,26)23-10-8-22(9-11-23)17-13-18(20-14-19-17)24-7-3-6-21-24/h2-7,12-14H,8-11H2,1H3. The third-order valence-electron chi connectivity index (χ3n) is 4.62. The van der Waals surface area contributed by atoms with Crippen LogP contribution in [0.4, 0.5) is 5.82 Å². The van der Waals surface area contributed by atoms with Crippen molar-refractivity contribution >= 4 is 15.8 Å². The minimum atomic E-state index is -3.56. The molecule has 1 saturated heterocycles. The van der Waals surface area contributed by atoms with Gasteiger partial charge < -0.3 is 9.64 Å². The molecule has 10 heteroatoms. The first-order chi connectivity index (χ1) is 13.6. The molecule has 0 atom stereocenters. The molecule has 0 spiro atoms. The summed E-state index contributed by atoms with van der Waals surface area (Å²) >= 11 is 0. The Morgan fingerprint density at radius 1 is 1.00 bits per heavy atom. The third-order valence-corrected chi connectivity index (χ3v) is 6.51. The number of ether oxygens (including phenoxy) is 1. The van der Waals surface area contributed by atoms with E-state index in [1.165, 1.54) is 17.7 Å². The van der Waals surface area contributed by atoms with Gasteiger partial charge in [-0.3, -0.25) is 0 Å². The van der Waals surface area contributed by atoms with Gasteiger partial charge in [-0.1, -0.05) is 6.07 Å². The van der Waals surface area contributed by atoms with Gasteiger partial charge in [0.2, 0.25) is 10.0 Å². The summed E-state index contributed by atoms with van der Waals surface area (Å²) in [6, 6.07) is 10.2. The van der Waals surface area contributed by atoms with Crippen LogP contribution < -0.4 is 9.64 Å². The van der Waals surface area contributed by atoms with Crippen LogP contribution in [0, 0.1) is 0 Å². The molecule has 1 aliphatic heterocycles. The van der Waals surface area contributed by atoms with E-state index in [0.717, 1.165) is 5.82 Å². The SMILES string of the molecule is COc1cccc(S(=O)(=O)N2CCN(c3cc(-n4cccn4)ncn3)CC2)c1. The molecule has 146 valence electrons. The van der Waals surface area contributed by atoms with Crippen molar-refractivity contribution in [3.63, 3.8) is 0 Å². The number of hydrogen-bond acceptors (Lipinski definition) is 7. The molecule has 0 saturated carbocycles. The topological polar surface area (TPSA) is 93.5 Å². The van der Waals surface area contributed by atoms with Gasteiger partial charge in [-0.05, 0) is 18.2 Å². The highest BCUT2D eigenvalue weighted by molar-refractivity contribution is 7.89. The molecule has 0 N–H and O–H groups in total. The number of nitrogens with zero attached hydrogens (tertiary/aromatic N) is 6. The average molecular weight is 400 g/mol. The molecule has 0 amide bonds. The maximum absolute atomic E-state index is 12.9. The van der Waals surface area contributed by atoms with Crippen molar-refractivity contribution < 1.29 is 13.2 Å². The van der Waals surface area contributed by atoms with E-state index in [1.807, 2.05) is 23.2 Å². The molecule has 0 radical (unpaired) electrons. The zero-order valence-corrected chi connectivity index (χ0v) is 16.2. The fourth-order valence-electron chi connectivity index (χ4n) is 3.11. The van der Waals surface area contributed by atoms with E-state index in [1.54, 1.807) is 35.1 Å². The first kappa shape index (κ1) is 18.4. The van der Waals surface area contributed by atoms with E-state index < -0.39 is 10.0 Å². The fourth-order valence-corrected chi connectivity index (χ4v) is 4.57. The van der Waals surface area contributed by atoms with E-state index in [0.29, 0.717) is 37.7 Å². The van der Waals surface area contributed by atoms with Crippen molar-refractivity contribution in [1.29, 1.82) is 0 Å². The van der Waals surface area contributed by atoms with Crippen LogP contribution in [0.15, 0.2) is 60.0 Å². The fraction of sp³-hybridized carbons (Fsp3) is 0.278. The van der Waals surface area contributed by atoms with E-state index in [9.17, 15) is 8.42 Å². The summed E-state index contributed by atoms with van der Waals surface area (Å²) in [5.41, 5.74) is 0. The third kappa shape index (κ3) is 3.56. The molecule has 0 unspecified atom stereocenters. The molecule has 3 heterocycles. The number of sulfonamides is 1. The predicted octanol–water partition coefficient (Wildman–Crippen LogP) is 1.18. The van der Waals surface area contributed by atoms with E-state index in [4.69, 9.17) is 4.74 Å². The van der Waals surface area contributed by atoms with Gasteiger partial charge in [0.15, 0.2) is 5.82 Å². The van der Waals surface area contributed by atoms with Gasteiger partial charge in [-0.25, -0.2) is 23.1 Å². The number of aromatic nitrogens is 4. The quantitative estimate of drug-likeness (QED) is 0.635. The van der Waals surface area contributed by atoms with E-state index >= 15 is 0 Å². The van der Waals surface area contributed by atoms with E-state index in [2.05, 4.69) is 15.1 Å². The lowest BCUT2D eigenvalue weighted by Gasteiger charge is -2.34. The largest absolute Gasteiger partial charge is 0.497 e. The van der Waals surface area contributed by atoms with Gasteiger partial charge in [0.1, 0.15) is 17.9 Å². The number of piperazine rings is 1. The summed E-state index contributed by atoms with van der Waals surface area (Å²) in [7, 11) is -2.05. The Labute approximate surface area is 163 Å². The summed E-state index contributed by atoms with van der Waals surface area (Å²) in [6.45, 7) is 1.83. The first-order valence-electron chi connectivity index (χ1n) is 8.79. The van der Waals surface area contributed by atoms with Gasteiger partial charge in [0.05, 0.1) is 12.0 Å². The van der Waals surface area contributed by atoms with Crippen molar-refractivity contribution in [3.8, 4) is 11.6 Å². The Balaban J connectivity index is 1.48. The van der Waals surface area contributed by atoms with Gasteiger partial charge in [-0.15, -0.1) is 0 Å². The van der Waals surface area contributed by atoms with Crippen molar-refractivity contribution in [2.75, 3.05) is 38.2 Å². The highest BCUT2D eigenvalue weighted by atomic mass is 32.2. The summed E-state index contributed by atoms with van der Waals surface area (Å²) < 4.78 is 34.1. The second kappa shape index (κ2) is 7.56. The van der Waals surface area contributed by atoms with Crippen molar-refractivity contribution in [3.05, 3.63) is 55.1 Å². The molecular weight excluding hydrogens is 380 g/mol. The lowest BCUT2D eigenvalue weighted by Crippen LogP contribution is -2.48. The highest BCUT2D eigenvalue weighted by Crippen LogP contribution is 2.23. The monoisotopic (exact) mass is 400 g/mol. The Hall–Kier alpha value is -2.98. The molecule has 28 heavy (non-hydrogen) atoms. The Morgan fingerprint density at radius 2 is 1.79 bits per heavy atom. The Bertz CT molecular complexity index is 1050. The van der Waals surface area contributed by atoms with Crippen LogP contribution in [0.2, 0.25) is 0 Å². The molecule has 0 bridgehead atoms. The molecule has 1 aromatic carbocycles. The molecule has 2 aromatic heterocycles. The average Bonchev–Trinajstić information content (AvgIpc) is 3.29. The summed E-state index contributed by atoms with van der Waals surface area (Å²) in [5, 5.41) is 4.17. The van der Waals surface area contributed by atoms with Gasteiger partial charge >= 0.3 is 0 Å². The molecule has 1 fully saturated rings. The predicted molar refractivity (Wildman–Crippen MR) is 103 cm³/mol. The molecular formula is C18H20N6O3S. The minimum Gasteiger partial charge on any atom is -0.497 e. The normalized spacial score (nSPS) is 15.5. The second-order valence-corrected chi connectivity index (χ2v) is 8.19. The van der Waals surface area contributed by atoms with Crippen molar-refractivity contribution in [2.24, 2.45) is 0 Å². The maximum Gasteiger partial charge on any atom is 0.243 e. The summed E-state index contributed by atoms with van der Waals surface area (Å²) in [6.07, 6.45) is 4.99. The maximum atomic E-state index is 12.9. The molecule has 4 rings (SSSR count). The van der Waals surface area contributed by atoms with Gasteiger partial charge in [0.25, 0.3) is 0 Å². The molecule has 9 nitrogen and oxygen atoms in total. The zero-order valence-electron chi connectivity index (χ0n) is 15.3. The van der Waals surface area contributed by atoms with Crippen LogP contribution in [0.5, 0.6) is 5.75 Å². The number of hydrogen-bond donors (Lipinski definition) is 0. The molecule has 3 aromatic rings. The Kier molecular flexibility index (Phi) is 4.97. The highest BCUT2D eigenvalue weighted by Gasteiger charge is 2.29. The summed E-state index contributed by atoms with van der Waals surface area (Å²) in [5.74, 6) is 1.94. The van der Waals surface area contributed by atoms with E-state index in [-0.39, 0.29) is 4.90 Å². The molecule has 1 aliphatic rings. The number of anilines is 1. The van der Waals surface area contributed by atoms with Gasteiger partial charge in [0, 0.05) is 50.7 Å². The second-order valence-electron chi connectivity index (χ2n) is 6.26. The van der Waals surface area contributed by atoms with Crippen LogP contribution in [-0.4, -0.2) is 65.8 Å². The lowest BCUT2D eigenvalue weighted by atomic mass is 10.3. The zero-order chi connectivity index (χ0) is 19.6. The van der Waals surface area contributed by atoms with Crippen molar-refractivity contribution in [1.82, 2.24) is 24.1 Å². The summed E-state index contributed by atoms with van der Waals surface area (Å²) in [4.78, 5) is 10.8. The van der Waals surface area contributed by atoms with Gasteiger partial charge in [-0.2, -0.15) is 9.40 Å². The van der Waals surface area contributed by atoms with Crippen LogP contribution in [0.25, 0.3) is 5.82 Å². The van der Waals surface area contributed by atoms with Crippen LogP contribution in [0.3, 0.4) is 0 Å². The number of rotatable bonds is 5. The minimum absolute atomic E-state index is 0.239. The first-order valence-corrected chi connectivity index (χ1v) is 10.2. The lowest BCUT2D eigenvalue weighted by molar-refractivity contribution is 0.382. The Morgan fingerprint density at radius 3 is 2.50 bits per heavy atom. The molecule has 0 aliphatic carbocycles. The van der Waals surface area contributed by atoms with Crippen LogP contribution in [-0.2, 0) is 10.0 Å². The van der Waals surface area contributed by atoms with Crippen molar-refractivity contribution in [2.45, 2.75) is 4.90 Å². The van der Waals surface area contributed by atoms with Crippen LogP contribution >= 0.6 is 0 Å².